The van der Waals surface area contributed by atoms with E-state index >= 15 is 0 Å². The van der Waals surface area contributed by atoms with Crippen LogP contribution < -0.4 is 0 Å². The molecule has 3 nitrogen and oxygen atoms in total. The topological polar surface area (TPSA) is 30.7 Å². The number of hydrogen-bond donors (Lipinski definition) is 0. The molecule has 0 aliphatic rings. The molecule has 3 aromatic heterocycles. The van der Waals surface area contributed by atoms with Gasteiger partial charge in [-0.15, -0.1) is 11.3 Å². The van der Waals surface area contributed by atoms with Gasteiger partial charge in [0.25, 0.3) is 0 Å². The normalized spacial score (nSPS) is 11.7. The molecule has 3 aromatic rings. The van der Waals surface area contributed by atoms with Crippen molar-refractivity contribution < 1.29 is 4.39 Å². The van der Waals surface area contributed by atoms with E-state index in [1.54, 1.807) is 6.33 Å². The molecule has 0 atom stereocenters. The van der Waals surface area contributed by atoms with Crippen LogP contribution in [0.4, 0.5) is 4.39 Å². The largest absolute Gasteiger partial charge is 0.332 e. The molecule has 3 rings (SSSR count). The summed E-state index contributed by atoms with van der Waals surface area (Å²) in [6.07, 6.45) is 1.65. The Balaban J connectivity index is 2.66. The fourth-order valence-corrected chi connectivity index (χ4v) is 2.75. The Kier molecular flexibility index (Phi) is 1.75. The summed E-state index contributed by atoms with van der Waals surface area (Å²) in [5.74, 6) is 0. The summed E-state index contributed by atoms with van der Waals surface area (Å²) in [4.78, 5) is 8.23. The fraction of sp³-hybridized carbons (Fsp3) is 0.111. The molecule has 0 aliphatic heterocycles. The Morgan fingerprint density at radius 3 is 3.13 bits per heavy atom. The van der Waals surface area contributed by atoms with E-state index in [4.69, 9.17) is 11.6 Å². The summed E-state index contributed by atoms with van der Waals surface area (Å²) in [5.41, 5.74) is 2.03. The minimum atomic E-state index is -0.262. The van der Waals surface area contributed by atoms with Crippen molar-refractivity contribution in [1.29, 1.82) is 0 Å². The van der Waals surface area contributed by atoms with E-state index in [0.717, 1.165) is 21.6 Å². The lowest BCUT2D eigenvalue weighted by Gasteiger charge is -1.97. The first kappa shape index (κ1) is 9.06. The molecule has 0 fully saturated rings. The monoisotopic (exact) mass is 241 g/mol. The van der Waals surface area contributed by atoms with Crippen molar-refractivity contribution in [2.75, 3.05) is 0 Å². The highest BCUT2D eigenvalue weighted by molar-refractivity contribution is 7.18. The van der Waals surface area contributed by atoms with Gasteiger partial charge in [0.1, 0.15) is 5.52 Å². The molecular formula is C9H5ClFN3S. The average molecular weight is 242 g/mol. The molecule has 0 radical (unpaired) electrons. The van der Waals surface area contributed by atoms with E-state index in [1.807, 2.05) is 11.6 Å². The maximum absolute atomic E-state index is 13.1. The second-order valence-corrected chi connectivity index (χ2v) is 4.58. The van der Waals surface area contributed by atoms with E-state index < -0.39 is 0 Å². The van der Waals surface area contributed by atoms with Crippen LogP contribution in [0.5, 0.6) is 0 Å². The predicted octanol–water partition coefficient (Wildman–Crippen LogP) is 2.98. The van der Waals surface area contributed by atoms with Gasteiger partial charge in [-0.1, -0.05) is 11.6 Å². The van der Waals surface area contributed by atoms with Gasteiger partial charge in [0.05, 0.1) is 22.1 Å². The zero-order chi connectivity index (χ0) is 10.6. The molecule has 0 aliphatic carbocycles. The third-order valence-corrected chi connectivity index (χ3v) is 3.43. The summed E-state index contributed by atoms with van der Waals surface area (Å²) in [6, 6.07) is 1.39. The number of rotatable bonds is 0. The van der Waals surface area contributed by atoms with Crippen LogP contribution in [-0.4, -0.2) is 14.5 Å². The first-order chi connectivity index (χ1) is 7.16. The van der Waals surface area contributed by atoms with Crippen molar-refractivity contribution in [3.05, 3.63) is 22.7 Å². The number of pyridine rings is 1. The highest BCUT2D eigenvalue weighted by Crippen LogP contribution is 2.32. The number of imidazole rings is 1. The molecule has 0 saturated carbocycles. The van der Waals surface area contributed by atoms with Crippen molar-refractivity contribution in [2.45, 2.75) is 0 Å². The van der Waals surface area contributed by atoms with Gasteiger partial charge >= 0.3 is 0 Å². The summed E-state index contributed by atoms with van der Waals surface area (Å²) in [6.45, 7) is 0. The van der Waals surface area contributed by atoms with Crippen LogP contribution in [0.25, 0.3) is 21.3 Å². The Morgan fingerprint density at radius 2 is 2.33 bits per heavy atom. The number of aryl methyl sites for hydroxylation is 1. The summed E-state index contributed by atoms with van der Waals surface area (Å²) in [5, 5.41) is 0.0539. The molecule has 15 heavy (non-hydrogen) atoms. The van der Waals surface area contributed by atoms with Crippen LogP contribution >= 0.6 is 22.9 Å². The molecule has 0 amide bonds. The van der Waals surface area contributed by atoms with Crippen LogP contribution in [-0.2, 0) is 7.05 Å². The van der Waals surface area contributed by atoms with E-state index in [9.17, 15) is 4.39 Å². The van der Waals surface area contributed by atoms with Crippen molar-refractivity contribution in [3.63, 3.8) is 0 Å². The second kappa shape index (κ2) is 2.90. The third kappa shape index (κ3) is 1.16. The van der Waals surface area contributed by atoms with Gasteiger partial charge < -0.3 is 4.57 Å². The first-order valence-corrected chi connectivity index (χ1v) is 5.42. The van der Waals surface area contributed by atoms with Gasteiger partial charge in [0, 0.05) is 13.1 Å². The summed E-state index contributed by atoms with van der Waals surface area (Å²) < 4.78 is 15.7. The standard InChI is InChI=1S/C9H5ClFN3S/c1-14-3-12-6-7(14)8-4(13-9(6)10)2-5(11)15-8/h2-3H,1H3. The zero-order valence-corrected chi connectivity index (χ0v) is 9.23. The average Bonchev–Trinajstić information content (AvgIpc) is 2.69. The maximum atomic E-state index is 13.1. The fourth-order valence-electron chi connectivity index (χ4n) is 1.61. The lowest BCUT2D eigenvalue weighted by molar-refractivity contribution is 0.658. The molecule has 6 heteroatoms. The lowest BCUT2D eigenvalue weighted by atomic mass is 10.3. The van der Waals surface area contributed by atoms with E-state index in [2.05, 4.69) is 9.97 Å². The Bertz CT molecular complexity index is 673. The van der Waals surface area contributed by atoms with Crippen LogP contribution in [0.2, 0.25) is 5.15 Å². The predicted molar refractivity (Wildman–Crippen MR) is 58.9 cm³/mol. The molecule has 0 bridgehead atoms. The van der Waals surface area contributed by atoms with Crippen molar-refractivity contribution in [2.24, 2.45) is 7.05 Å². The third-order valence-electron chi connectivity index (χ3n) is 2.25. The number of hydrogen-bond acceptors (Lipinski definition) is 3. The minimum absolute atomic E-state index is 0.262. The SMILES string of the molecule is Cn1cnc2c(Cl)nc3cc(F)sc3c21. The van der Waals surface area contributed by atoms with Gasteiger partial charge in [-0.3, -0.25) is 0 Å². The van der Waals surface area contributed by atoms with E-state index in [0.29, 0.717) is 16.2 Å². The molecule has 3 heterocycles. The number of halogens is 2. The van der Waals surface area contributed by atoms with Gasteiger partial charge in [0.15, 0.2) is 10.3 Å². The molecule has 76 valence electrons. The van der Waals surface area contributed by atoms with Crippen LogP contribution in [0.1, 0.15) is 0 Å². The summed E-state index contributed by atoms with van der Waals surface area (Å²) >= 11 is 7.01. The number of thiophene rings is 1. The smallest absolute Gasteiger partial charge is 0.179 e. The highest BCUT2D eigenvalue weighted by Gasteiger charge is 2.13. The molecular weight excluding hydrogens is 237 g/mol. The van der Waals surface area contributed by atoms with Crippen LogP contribution in [0, 0.1) is 5.13 Å². The van der Waals surface area contributed by atoms with Crippen LogP contribution in [0.15, 0.2) is 12.4 Å². The van der Waals surface area contributed by atoms with Gasteiger partial charge in [-0.05, 0) is 0 Å². The summed E-state index contributed by atoms with van der Waals surface area (Å²) in [7, 11) is 1.85. The van der Waals surface area contributed by atoms with E-state index in [1.165, 1.54) is 6.07 Å². The minimum Gasteiger partial charge on any atom is -0.332 e. The van der Waals surface area contributed by atoms with Gasteiger partial charge in [-0.25, -0.2) is 9.97 Å². The molecule has 0 unspecified atom stereocenters. The first-order valence-electron chi connectivity index (χ1n) is 4.22. The second-order valence-electron chi connectivity index (χ2n) is 3.22. The molecule has 0 N–H and O–H groups in total. The van der Waals surface area contributed by atoms with Gasteiger partial charge in [0.2, 0.25) is 0 Å². The molecule has 0 aromatic carbocycles. The van der Waals surface area contributed by atoms with Crippen molar-refractivity contribution in [3.8, 4) is 0 Å². The molecule has 0 saturated heterocycles. The van der Waals surface area contributed by atoms with E-state index in [-0.39, 0.29) is 5.13 Å². The lowest BCUT2D eigenvalue weighted by Crippen LogP contribution is -1.85. The van der Waals surface area contributed by atoms with Crippen molar-refractivity contribution in [1.82, 2.24) is 14.5 Å². The number of fused-ring (bicyclic) bond motifs is 3. The van der Waals surface area contributed by atoms with Gasteiger partial charge in [-0.2, -0.15) is 4.39 Å². The quantitative estimate of drug-likeness (QED) is 0.567. The highest BCUT2D eigenvalue weighted by atomic mass is 35.5. The van der Waals surface area contributed by atoms with Crippen molar-refractivity contribution >= 4 is 44.2 Å². The Hall–Kier alpha value is -1.20. The number of nitrogens with zero attached hydrogens (tertiary/aromatic N) is 3. The Morgan fingerprint density at radius 1 is 1.53 bits per heavy atom. The Labute approximate surface area is 93.1 Å². The zero-order valence-electron chi connectivity index (χ0n) is 7.66. The maximum Gasteiger partial charge on any atom is 0.179 e. The number of aromatic nitrogens is 3. The van der Waals surface area contributed by atoms with Crippen LogP contribution in [0.3, 0.4) is 0 Å². The molecule has 0 spiro atoms.